The lowest BCUT2D eigenvalue weighted by molar-refractivity contribution is 0.819. The lowest BCUT2D eigenvalue weighted by Crippen LogP contribution is -2.26. The van der Waals surface area contributed by atoms with Crippen LogP contribution in [0.3, 0.4) is 0 Å². The van der Waals surface area contributed by atoms with Crippen LogP contribution in [0, 0.1) is 6.92 Å². The molecule has 0 unspecified atom stereocenters. The van der Waals surface area contributed by atoms with Crippen molar-refractivity contribution in [3.05, 3.63) is 53.6 Å². The third kappa shape index (κ3) is 1.54. The van der Waals surface area contributed by atoms with Crippen LogP contribution in [-0.4, -0.2) is 6.54 Å². The predicted octanol–water partition coefficient (Wildman–Crippen LogP) is 4.00. The number of para-hydroxylation sites is 1. The molecule has 86 valence electrons. The molecule has 0 fully saturated rings. The maximum atomic E-state index is 2.47. The van der Waals surface area contributed by atoms with E-state index in [1.807, 2.05) is 0 Å². The van der Waals surface area contributed by atoms with Crippen LogP contribution in [0.1, 0.15) is 18.1 Å². The number of benzene rings is 2. The highest BCUT2D eigenvalue weighted by atomic mass is 15.1. The van der Waals surface area contributed by atoms with Gasteiger partial charge in [-0.05, 0) is 30.5 Å². The minimum Gasteiger partial charge on any atom is -0.367 e. The minimum absolute atomic E-state index is 1.03. The number of rotatable bonds is 1. The van der Waals surface area contributed by atoms with Gasteiger partial charge in [0.25, 0.3) is 0 Å². The molecule has 0 atom stereocenters. The Morgan fingerprint density at radius 1 is 1.00 bits per heavy atom. The molecular formula is C16H17N. The van der Waals surface area contributed by atoms with Gasteiger partial charge in [-0.25, -0.2) is 0 Å². The molecule has 2 aromatic carbocycles. The smallest absolute Gasteiger partial charge is 0.0478 e. The average Bonchev–Trinajstić information content (AvgIpc) is 2.38. The Morgan fingerprint density at radius 3 is 2.59 bits per heavy atom. The maximum absolute atomic E-state index is 2.47. The summed E-state index contributed by atoms with van der Waals surface area (Å²) < 4.78 is 0. The molecule has 2 aromatic rings. The van der Waals surface area contributed by atoms with Gasteiger partial charge < -0.3 is 4.90 Å². The highest BCUT2D eigenvalue weighted by Crippen LogP contribution is 2.40. The Labute approximate surface area is 103 Å². The molecule has 0 aromatic heterocycles. The quantitative estimate of drug-likeness (QED) is 0.706. The number of anilines is 1. The number of hydrogen-bond acceptors (Lipinski definition) is 1. The fourth-order valence-corrected chi connectivity index (χ4v) is 2.77. The minimum atomic E-state index is 1.03. The number of hydrogen-bond donors (Lipinski definition) is 0. The molecule has 1 aliphatic rings. The maximum Gasteiger partial charge on any atom is 0.0478 e. The van der Waals surface area contributed by atoms with Gasteiger partial charge in [-0.15, -0.1) is 0 Å². The third-order valence-electron chi connectivity index (χ3n) is 3.60. The van der Waals surface area contributed by atoms with Crippen molar-refractivity contribution < 1.29 is 0 Å². The van der Waals surface area contributed by atoms with E-state index in [0.717, 1.165) is 13.1 Å². The van der Waals surface area contributed by atoms with Crippen LogP contribution in [0.2, 0.25) is 0 Å². The zero-order chi connectivity index (χ0) is 11.8. The molecule has 3 rings (SSSR count). The highest BCUT2D eigenvalue weighted by molar-refractivity contribution is 5.85. The first-order chi connectivity index (χ1) is 8.31. The van der Waals surface area contributed by atoms with Crippen molar-refractivity contribution in [3.63, 3.8) is 0 Å². The Kier molecular flexibility index (Phi) is 2.40. The van der Waals surface area contributed by atoms with Crippen LogP contribution in [-0.2, 0) is 6.54 Å². The van der Waals surface area contributed by atoms with Crippen molar-refractivity contribution in [2.24, 2.45) is 0 Å². The third-order valence-corrected chi connectivity index (χ3v) is 3.60. The van der Waals surface area contributed by atoms with Crippen LogP contribution in [0.25, 0.3) is 11.1 Å². The van der Waals surface area contributed by atoms with Gasteiger partial charge >= 0.3 is 0 Å². The Morgan fingerprint density at radius 2 is 1.76 bits per heavy atom. The van der Waals surface area contributed by atoms with E-state index in [9.17, 15) is 0 Å². The van der Waals surface area contributed by atoms with Gasteiger partial charge in [-0.1, -0.05) is 42.5 Å². The monoisotopic (exact) mass is 223 g/mol. The molecule has 0 N–H and O–H groups in total. The van der Waals surface area contributed by atoms with E-state index in [1.165, 1.54) is 27.9 Å². The molecule has 0 aliphatic carbocycles. The van der Waals surface area contributed by atoms with Gasteiger partial charge in [0.15, 0.2) is 0 Å². The molecule has 0 saturated carbocycles. The van der Waals surface area contributed by atoms with Gasteiger partial charge in [-0.2, -0.15) is 0 Å². The second-order valence-corrected chi connectivity index (χ2v) is 4.64. The molecule has 0 saturated heterocycles. The van der Waals surface area contributed by atoms with Crippen LogP contribution < -0.4 is 4.90 Å². The van der Waals surface area contributed by atoms with Crippen LogP contribution in [0.15, 0.2) is 42.5 Å². The molecule has 0 amide bonds. The molecule has 1 heterocycles. The number of aryl methyl sites for hydroxylation is 1. The molecular weight excluding hydrogens is 206 g/mol. The molecule has 0 bridgehead atoms. The summed E-state index contributed by atoms with van der Waals surface area (Å²) in [6.07, 6.45) is 0. The Balaban J connectivity index is 2.29. The second-order valence-electron chi connectivity index (χ2n) is 4.64. The lowest BCUT2D eigenvalue weighted by atomic mass is 9.91. The van der Waals surface area contributed by atoms with E-state index in [4.69, 9.17) is 0 Å². The highest BCUT2D eigenvalue weighted by Gasteiger charge is 2.21. The zero-order valence-corrected chi connectivity index (χ0v) is 10.4. The molecule has 1 aliphatic heterocycles. The van der Waals surface area contributed by atoms with Crippen molar-refractivity contribution in [3.8, 4) is 11.1 Å². The van der Waals surface area contributed by atoms with Crippen molar-refractivity contribution in [1.82, 2.24) is 0 Å². The summed E-state index contributed by atoms with van der Waals surface area (Å²) in [6.45, 7) is 6.52. The van der Waals surface area contributed by atoms with Crippen LogP contribution >= 0.6 is 0 Å². The molecule has 1 heteroatoms. The van der Waals surface area contributed by atoms with E-state index in [0.29, 0.717) is 0 Å². The molecule has 0 spiro atoms. The van der Waals surface area contributed by atoms with Crippen molar-refractivity contribution in [2.75, 3.05) is 11.4 Å². The van der Waals surface area contributed by atoms with E-state index in [-0.39, 0.29) is 0 Å². The predicted molar refractivity (Wildman–Crippen MR) is 73.3 cm³/mol. The van der Waals surface area contributed by atoms with E-state index >= 15 is 0 Å². The summed E-state index contributed by atoms with van der Waals surface area (Å²) in [5, 5.41) is 0. The van der Waals surface area contributed by atoms with Gasteiger partial charge in [0.2, 0.25) is 0 Å². The zero-order valence-electron chi connectivity index (χ0n) is 10.4. The topological polar surface area (TPSA) is 3.24 Å². The first kappa shape index (κ1) is 10.4. The summed E-state index contributed by atoms with van der Waals surface area (Å²) in [6, 6.07) is 15.3. The average molecular weight is 223 g/mol. The summed E-state index contributed by atoms with van der Waals surface area (Å²) in [7, 11) is 0. The van der Waals surface area contributed by atoms with E-state index < -0.39 is 0 Å². The standard InChI is InChI=1S/C16H17N/c1-3-17-11-13-8-4-5-9-14(13)15-10-6-7-12(2)16(15)17/h4-10H,3,11H2,1-2H3. The SMILES string of the molecule is CCN1Cc2ccccc2-c2cccc(C)c21. The number of nitrogens with zero attached hydrogens (tertiary/aromatic N) is 1. The normalized spacial score (nSPS) is 13.2. The van der Waals surface area contributed by atoms with Gasteiger partial charge in [-0.3, -0.25) is 0 Å². The van der Waals surface area contributed by atoms with Crippen LogP contribution in [0.5, 0.6) is 0 Å². The van der Waals surface area contributed by atoms with E-state index in [1.54, 1.807) is 0 Å². The van der Waals surface area contributed by atoms with Gasteiger partial charge in [0.1, 0.15) is 0 Å². The molecule has 0 radical (unpaired) electrons. The summed E-state index contributed by atoms with van der Waals surface area (Å²) in [5.41, 5.74) is 7.00. The summed E-state index contributed by atoms with van der Waals surface area (Å²) in [4.78, 5) is 2.47. The lowest BCUT2D eigenvalue weighted by Gasteiger charge is -2.33. The van der Waals surface area contributed by atoms with Crippen molar-refractivity contribution in [2.45, 2.75) is 20.4 Å². The van der Waals surface area contributed by atoms with Gasteiger partial charge in [0, 0.05) is 24.3 Å². The van der Waals surface area contributed by atoms with Crippen molar-refractivity contribution in [1.29, 1.82) is 0 Å². The first-order valence-electron chi connectivity index (χ1n) is 6.24. The van der Waals surface area contributed by atoms with Crippen molar-refractivity contribution >= 4 is 5.69 Å². The largest absolute Gasteiger partial charge is 0.367 e. The molecule has 17 heavy (non-hydrogen) atoms. The number of fused-ring (bicyclic) bond motifs is 3. The fraction of sp³-hybridized carbons (Fsp3) is 0.250. The Bertz CT molecular complexity index is 557. The van der Waals surface area contributed by atoms with E-state index in [2.05, 4.69) is 61.2 Å². The second kappa shape index (κ2) is 3.92. The summed E-state index contributed by atoms with van der Waals surface area (Å²) in [5.74, 6) is 0. The molecule has 1 nitrogen and oxygen atoms in total. The first-order valence-corrected chi connectivity index (χ1v) is 6.24. The fourth-order valence-electron chi connectivity index (χ4n) is 2.77. The van der Waals surface area contributed by atoms with Crippen LogP contribution in [0.4, 0.5) is 5.69 Å². The van der Waals surface area contributed by atoms with Gasteiger partial charge in [0.05, 0.1) is 0 Å². The summed E-state index contributed by atoms with van der Waals surface area (Å²) >= 11 is 0. The Hall–Kier alpha value is -1.76.